The highest BCUT2D eigenvalue weighted by molar-refractivity contribution is 5.13. The van der Waals surface area contributed by atoms with Gasteiger partial charge in [-0.15, -0.1) is 0 Å². The van der Waals surface area contributed by atoms with E-state index in [-0.39, 0.29) is 0 Å². The minimum absolute atomic E-state index is 0.453. The zero-order chi connectivity index (χ0) is 13.2. The van der Waals surface area contributed by atoms with E-state index < -0.39 is 0 Å². The summed E-state index contributed by atoms with van der Waals surface area (Å²) in [7, 11) is 0. The van der Waals surface area contributed by atoms with Crippen LogP contribution in [0.3, 0.4) is 0 Å². The molecule has 0 aromatic heterocycles. The van der Waals surface area contributed by atoms with Crippen molar-refractivity contribution in [2.24, 2.45) is 5.92 Å². The first-order valence-electron chi connectivity index (χ1n) is 6.80. The van der Waals surface area contributed by atoms with Gasteiger partial charge < -0.3 is 9.64 Å². The number of ether oxygens (including phenoxy) is 1. The summed E-state index contributed by atoms with van der Waals surface area (Å²) >= 11 is 0. The van der Waals surface area contributed by atoms with Gasteiger partial charge >= 0.3 is 0 Å². The number of rotatable bonds is 8. The van der Waals surface area contributed by atoms with E-state index in [1.54, 1.807) is 0 Å². The van der Waals surface area contributed by atoms with E-state index >= 15 is 0 Å². The van der Waals surface area contributed by atoms with Gasteiger partial charge in [-0.2, -0.15) is 0 Å². The zero-order valence-electron chi connectivity index (χ0n) is 11.8. The minimum atomic E-state index is 0.453. The largest absolute Gasteiger partial charge is 0.378 e. The topological polar surface area (TPSA) is 12.5 Å². The first kappa shape index (κ1) is 14.8. The lowest BCUT2D eigenvalue weighted by Gasteiger charge is -2.16. The Morgan fingerprint density at radius 1 is 1.17 bits per heavy atom. The van der Waals surface area contributed by atoms with Crippen LogP contribution in [0.4, 0.5) is 0 Å². The Kier molecular flexibility index (Phi) is 7.19. The third kappa shape index (κ3) is 5.87. The van der Waals surface area contributed by atoms with Gasteiger partial charge in [0.05, 0.1) is 13.2 Å². The van der Waals surface area contributed by atoms with Crippen LogP contribution in [0.15, 0.2) is 42.6 Å². The van der Waals surface area contributed by atoms with Gasteiger partial charge in [0, 0.05) is 13.1 Å². The fourth-order valence-corrected chi connectivity index (χ4v) is 1.70. The summed E-state index contributed by atoms with van der Waals surface area (Å²) in [6.45, 7) is 10.1. The Hall–Kier alpha value is -1.28. The summed E-state index contributed by atoms with van der Waals surface area (Å²) in [5.74, 6) is 0.453. The highest BCUT2D eigenvalue weighted by atomic mass is 16.5. The van der Waals surface area contributed by atoms with E-state index in [1.807, 2.05) is 18.2 Å². The predicted octanol–water partition coefficient (Wildman–Crippen LogP) is 3.69. The molecule has 0 saturated heterocycles. The molecule has 18 heavy (non-hydrogen) atoms. The molecule has 2 nitrogen and oxygen atoms in total. The Morgan fingerprint density at radius 3 is 2.44 bits per heavy atom. The van der Waals surface area contributed by atoms with Crippen molar-refractivity contribution in [2.75, 3.05) is 19.7 Å². The smallest absolute Gasteiger partial charge is 0.0717 e. The van der Waals surface area contributed by atoms with Crippen molar-refractivity contribution in [3.05, 3.63) is 48.2 Å². The molecular formula is C16H25NO. The van der Waals surface area contributed by atoms with E-state index in [2.05, 4.69) is 50.1 Å². The predicted molar refractivity (Wildman–Crippen MR) is 77.3 cm³/mol. The molecule has 0 aliphatic heterocycles. The van der Waals surface area contributed by atoms with Crippen molar-refractivity contribution in [1.29, 1.82) is 0 Å². The molecule has 1 aromatic rings. The highest BCUT2D eigenvalue weighted by Gasteiger charge is 1.99. The SMILES string of the molecule is CCN(C=C[C@H](C)COCc1ccccc1)CC. The highest BCUT2D eigenvalue weighted by Crippen LogP contribution is 2.04. The third-order valence-electron chi connectivity index (χ3n) is 2.93. The zero-order valence-corrected chi connectivity index (χ0v) is 11.8. The Balaban J connectivity index is 2.23. The second-order valence-electron chi connectivity index (χ2n) is 4.54. The number of nitrogens with zero attached hydrogens (tertiary/aromatic N) is 1. The van der Waals surface area contributed by atoms with Gasteiger partial charge in [-0.25, -0.2) is 0 Å². The first-order chi connectivity index (χ1) is 8.76. The molecule has 0 aliphatic carbocycles. The van der Waals surface area contributed by atoms with Crippen LogP contribution < -0.4 is 0 Å². The molecule has 0 heterocycles. The normalized spacial score (nSPS) is 12.8. The van der Waals surface area contributed by atoms with E-state index in [1.165, 1.54) is 5.56 Å². The number of hydrogen-bond donors (Lipinski definition) is 0. The average Bonchev–Trinajstić information content (AvgIpc) is 2.41. The second kappa shape index (κ2) is 8.76. The second-order valence-corrected chi connectivity index (χ2v) is 4.54. The summed E-state index contributed by atoms with van der Waals surface area (Å²) in [6.07, 6.45) is 4.40. The summed E-state index contributed by atoms with van der Waals surface area (Å²) in [6, 6.07) is 10.3. The quantitative estimate of drug-likeness (QED) is 0.694. The molecule has 2 heteroatoms. The van der Waals surface area contributed by atoms with Gasteiger partial charge in [0.2, 0.25) is 0 Å². The van der Waals surface area contributed by atoms with Crippen LogP contribution in [0.1, 0.15) is 26.3 Å². The fourth-order valence-electron chi connectivity index (χ4n) is 1.70. The van der Waals surface area contributed by atoms with Gasteiger partial charge in [0.15, 0.2) is 0 Å². The monoisotopic (exact) mass is 247 g/mol. The number of hydrogen-bond acceptors (Lipinski definition) is 2. The summed E-state index contributed by atoms with van der Waals surface area (Å²) in [5.41, 5.74) is 1.23. The van der Waals surface area contributed by atoms with Crippen LogP contribution in [0.5, 0.6) is 0 Å². The summed E-state index contributed by atoms with van der Waals surface area (Å²) in [4.78, 5) is 2.29. The molecule has 0 saturated carbocycles. The van der Waals surface area contributed by atoms with Crippen LogP contribution in [0.25, 0.3) is 0 Å². The molecule has 0 amide bonds. The number of benzene rings is 1. The molecule has 0 bridgehead atoms. The maximum absolute atomic E-state index is 5.71. The van der Waals surface area contributed by atoms with E-state index in [0.717, 1.165) is 19.7 Å². The lowest BCUT2D eigenvalue weighted by Crippen LogP contribution is -2.16. The minimum Gasteiger partial charge on any atom is -0.378 e. The van der Waals surface area contributed by atoms with Crippen LogP contribution in [-0.4, -0.2) is 24.6 Å². The van der Waals surface area contributed by atoms with Crippen molar-refractivity contribution in [2.45, 2.75) is 27.4 Å². The lowest BCUT2D eigenvalue weighted by atomic mass is 10.2. The molecule has 1 rings (SSSR count). The third-order valence-corrected chi connectivity index (χ3v) is 2.93. The molecule has 0 spiro atoms. The van der Waals surface area contributed by atoms with Crippen LogP contribution in [0, 0.1) is 5.92 Å². The standard InChI is InChI=1S/C16H25NO/c1-4-17(5-2)12-11-15(3)13-18-14-16-9-7-6-8-10-16/h6-12,15H,4-5,13-14H2,1-3H3/t15-/m0/s1. The average molecular weight is 247 g/mol. The van der Waals surface area contributed by atoms with E-state index in [0.29, 0.717) is 12.5 Å². The van der Waals surface area contributed by atoms with Crippen molar-refractivity contribution in [3.63, 3.8) is 0 Å². The maximum atomic E-state index is 5.71. The Morgan fingerprint density at radius 2 is 1.83 bits per heavy atom. The van der Waals surface area contributed by atoms with Crippen LogP contribution in [-0.2, 0) is 11.3 Å². The molecular weight excluding hydrogens is 222 g/mol. The van der Waals surface area contributed by atoms with Crippen molar-refractivity contribution >= 4 is 0 Å². The Bertz CT molecular complexity index is 330. The molecule has 0 unspecified atom stereocenters. The van der Waals surface area contributed by atoms with Gasteiger partial charge in [-0.3, -0.25) is 0 Å². The molecule has 0 radical (unpaired) electrons. The fraction of sp³-hybridized carbons (Fsp3) is 0.500. The lowest BCUT2D eigenvalue weighted by molar-refractivity contribution is 0.103. The van der Waals surface area contributed by atoms with Gasteiger partial charge in [-0.1, -0.05) is 43.3 Å². The first-order valence-corrected chi connectivity index (χ1v) is 6.80. The van der Waals surface area contributed by atoms with Crippen LogP contribution >= 0.6 is 0 Å². The van der Waals surface area contributed by atoms with Crippen molar-refractivity contribution in [3.8, 4) is 0 Å². The molecule has 100 valence electrons. The van der Waals surface area contributed by atoms with E-state index in [4.69, 9.17) is 4.74 Å². The van der Waals surface area contributed by atoms with Gasteiger partial charge in [-0.05, 0) is 31.5 Å². The molecule has 0 aliphatic rings. The van der Waals surface area contributed by atoms with Gasteiger partial charge in [0.25, 0.3) is 0 Å². The molecule has 0 fully saturated rings. The van der Waals surface area contributed by atoms with Crippen LogP contribution in [0.2, 0.25) is 0 Å². The van der Waals surface area contributed by atoms with Gasteiger partial charge in [0.1, 0.15) is 0 Å². The summed E-state index contributed by atoms with van der Waals surface area (Å²) in [5, 5.41) is 0. The maximum Gasteiger partial charge on any atom is 0.0717 e. The van der Waals surface area contributed by atoms with Crippen molar-refractivity contribution in [1.82, 2.24) is 4.90 Å². The molecule has 0 N–H and O–H groups in total. The Labute approximate surface area is 111 Å². The van der Waals surface area contributed by atoms with E-state index in [9.17, 15) is 0 Å². The molecule has 1 atom stereocenters. The molecule has 1 aromatic carbocycles. The summed E-state index contributed by atoms with van der Waals surface area (Å²) < 4.78 is 5.71. The van der Waals surface area contributed by atoms with Crippen molar-refractivity contribution < 1.29 is 4.74 Å².